The predicted octanol–water partition coefficient (Wildman–Crippen LogP) is 1.91. The van der Waals surface area contributed by atoms with Gasteiger partial charge in [0.2, 0.25) is 0 Å². The highest BCUT2D eigenvalue weighted by atomic mass is 15.3. The van der Waals surface area contributed by atoms with Crippen LogP contribution in [0.4, 0.5) is 11.6 Å². The van der Waals surface area contributed by atoms with E-state index >= 15 is 0 Å². The molecule has 2 heterocycles. The molecule has 0 saturated carbocycles. The van der Waals surface area contributed by atoms with Gasteiger partial charge in [-0.1, -0.05) is 6.92 Å². The lowest BCUT2D eigenvalue weighted by Gasteiger charge is -2.14. The van der Waals surface area contributed by atoms with Crippen molar-refractivity contribution in [2.75, 3.05) is 17.2 Å². The summed E-state index contributed by atoms with van der Waals surface area (Å²) < 4.78 is 1.89. The van der Waals surface area contributed by atoms with Crippen molar-refractivity contribution in [1.29, 1.82) is 0 Å². The number of aryl methyl sites for hydroxylation is 2. The van der Waals surface area contributed by atoms with Crippen molar-refractivity contribution < 1.29 is 0 Å². The number of aromatic nitrogens is 5. The van der Waals surface area contributed by atoms with Gasteiger partial charge in [0.15, 0.2) is 5.82 Å². The zero-order valence-electron chi connectivity index (χ0n) is 13.1. The molecule has 2 aromatic heterocycles. The first-order chi connectivity index (χ1) is 10.2. The quantitative estimate of drug-likeness (QED) is 0.810. The largest absolute Gasteiger partial charge is 0.370 e. The van der Waals surface area contributed by atoms with Gasteiger partial charge >= 0.3 is 0 Å². The SMILES string of the molecule is CCCc1nc(NCC)c(C)c(NCc2nncn2C)n1. The van der Waals surface area contributed by atoms with E-state index in [1.54, 1.807) is 6.33 Å². The fourth-order valence-electron chi connectivity index (χ4n) is 2.04. The number of hydrogen-bond acceptors (Lipinski definition) is 6. The maximum Gasteiger partial charge on any atom is 0.151 e. The summed E-state index contributed by atoms with van der Waals surface area (Å²) in [5, 5.41) is 14.6. The molecule has 114 valence electrons. The standard InChI is InChI=1S/C14H23N7/c1-5-7-11-18-13(15-6-2)10(3)14(19-11)16-8-12-20-17-9-21(12)4/h9H,5-8H2,1-4H3,(H2,15,16,18,19). The van der Waals surface area contributed by atoms with Gasteiger partial charge in [-0.3, -0.25) is 0 Å². The van der Waals surface area contributed by atoms with Gasteiger partial charge in [0, 0.05) is 25.6 Å². The molecule has 0 saturated heterocycles. The molecule has 0 aromatic carbocycles. The van der Waals surface area contributed by atoms with E-state index in [-0.39, 0.29) is 0 Å². The summed E-state index contributed by atoms with van der Waals surface area (Å²) in [6, 6.07) is 0. The Morgan fingerprint density at radius 2 is 1.86 bits per heavy atom. The van der Waals surface area contributed by atoms with Crippen LogP contribution in [-0.4, -0.2) is 31.3 Å². The number of hydrogen-bond donors (Lipinski definition) is 2. The van der Waals surface area contributed by atoms with Gasteiger partial charge in [0.1, 0.15) is 23.8 Å². The Labute approximate surface area is 125 Å². The van der Waals surface area contributed by atoms with E-state index in [9.17, 15) is 0 Å². The number of rotatable bonds is 7. The molecular formula is C14H23N7. The predicted molar refractivity (Wildman–Crippen MR) is 83.3 cm³/mol. The molecular weight excluding hydrogens is 266 g/mol. The van der Waals surface area contributed by atoms with Crippen LogP contribution in [0, 0.1) is 6.92 Å². The van der Waals surface area contributed by atoms with Crippen molar-refractivity contribution in [3.63, 3.8) is 0 Å². The van der Waals surface area contributed by atoms with E-state index in [2.05, 4.69) is 44.6 Å². The van der Waals surface area contributed by atoms with Crippen molar-refractivity contribution in [2.24, 2.45) is 7.05 Å². The molecule has 0 aliphatic rings. The lowest BCUT2D eigenvalue weighted by atomic mass is 10.2. The van der Waals surface area contributed by atoms with Crippen LogP contribution in [0.5, 0.6) is 0 Å². The second-order valence-corrected chi connectivity index (χ2v) is 4.95. The average Bonchev–Trinajstić information content (AvgIpc) is 2.87. The van der Waals surface area contributed by atoms with Gasteiger partial charge in [0.05, 0.1) is 6.54 Å². The van der Waals surface area contributed by atoms with E-state index in [1.165, 1.54) is 0 Å². The Morgan fingerprint density at radius 1 is 1.14 bits per heavy atom. The summed E-state index contributed by atoms with van der Waals surface area (Å²) in [5.41, 5.74) is 1.03. The lowest BCUT2D eigenvalue weighted by molar-refractivity contribution is 0.800. The Hall–Kier alpha value is -2.18. The van der Waals surface area contributed by atoms with E-state index in [1.807, 2.05) is 18.5 Å². The normalized spacial score (nSPS) is 10.7. The van der Waals surface area contributed by atoms with Crippen molar-refractivity contribution in [3.05, 3.63) is 23.5 Å². The van der Waals surface area contributed by atoms with Crippen LogP contribution in [0.2, 0.25) is 0 Å². The third kappa shape index (κ3) is 3.68. The van der Waals surface area contributed by atoms with E-state index < -0.39 is 0 Å². The lowest BCUT2D eigenvalue weighted by Crippen LogP contribution is -2.12. The van der Waals surface area contributed by atoms with Crippen LogP contribution in [0.3, 0.4) is 0 Å². The van der Waals surface area contributed by atoms with Crippen LogP contribution in [0.1, 0.15) is 37.5 Å². The molecule has 0 atom stereocenters. The molecule has 21 heavy (non-hydrogen) atoms. The first kappa shape index (κ1) is 15.2. The summed E-state index contributed by atoms with van der Waals surface area (Å²) in [4.78, 5) is 9.19. The van der Waals surface area contributed by atoms with Crippen molar-refractivity contribution in [1.82, 2.24) is 24.7 Å². The first-order valence-corrected chi connectivity index (χ1v) is 7.33. The zero-order valence-corrected chi connectivity index (χ0v) is 13.1. The summed E-state index contributed by atoms with van der Waals surface area (Å²) in [7, 11) is 1.93. The highest BCUT2D eigenvalue weighted by Gasteiger charge is 2.11. The number of nitrogens with zero attached hydrogens (tertiary/aromatic N) is 5. The molecule has 0 radical (unpaired) electrons. The van der Waals surface area contributed by atoms with Gasteiger partial charge in [-0.15, -0.1) is 10.2 Å². The molecule has 0 aliphatic heterocycles. The molecule has 2 rings (SSSR count). The third-order valence-electron chi connectivity index (χ3n) is 3.23. The molecule has 0 amide bonds. The molecule has 0 bridgehead atoms. The van der Waals surface area contributed by atoms with Crippen LogP contribution < -0.4 is 10.6 Å². The smallest absolute Gasteiger partial charge is 0.151 e. The number of anilines is 2. The molecule has 0 spiro atoms. The van der Waals surface area contributed by atoms with E-state index in [0.717, 1.165) is 48.2 Å². The average molecular weight is 289 g/mol. The van der Waals surface area contributed by atoms with Crippen molar-refractivity contribution >= 4 is 11.6 Å². The fraction of sp³-hybridized carbons (Fsp3) is 0.571. The second-order valence-electron chi connectivity index (χ2n) is 4.95. The Bertz CT molecular complexity index is 591. The molecule has 0 fully saturated rings. The molecule has 7 nitrogen and oxygen atoms in total. The van der Waals surface area contributed by atoms with Crippen LogP contribution in [-0.2, 0) is 20.0 Å². The maximum atomic E-state index is 4.61. The van der Waals surface area contributed by atoms with Crippen LogP contribution >= 0.6 is 0 Å². The van der Waals surface area contributed by atoms with Crippen LogP contribution in [0.15, 0.2) is 6.33 Å². The monoisotopic (exact) mass is 289 g/mol. The maximum absolute atomic E-state index is 4.61. The van der Waals surface area contributed by atoms with Gasteiger partial charge in [0.25, 0.3) is 0 Å². The Balaban J connectivity index is 2.21. The Morgan fingerprint density at radius 3 is 2.43 bits per heavy atom. The van der Waals surface area contributed by atoms with E-state index in [0.29, 0.717) is 6.54 Å². The molecule has 0 aliphatic carbocycles. The van der Waals surface area contributed by atoms with Gasteiger partial charge in [-0.25, -0.2) is 9.97 Å². The molecule has 2 aromatic rings. The third-order valence-corrected chi connectivity index (χ3v) is 3.23. The minimum Gasteiger partial charge on any atom is -0.370 e. The molecule has 0 unspecified atom stereocenters. The summed E-state index contributed by atoms with van der Waals surface area (Å²) >= 11 is 0. The van der Waals surface area contributed by atoms with E-state index in [4.69, 9.17) is 0 Å². The highest BCUT2D eigenvalue weighted by Crippen LogP contribution is 2.20. The van der Waals surface area contributed by atoms with Gasteiger partial charge < -0.3 is 15.2 Å². The highest BCUT2D eigenvalue weighted by molar-refractivity contribution is 5.57. The van der Waals surface area contributed by atoms with Crippen molar-refractivity contribution in [3.8, 4) is 0 Å². The molecule has 2 N–H and O–H groups in total. The summed E-state index contributed by atoms with van der Waals surface area (Å²) in [5.74, 6) is 3.48. The van der Waals surface area contributed by atoms with Crippen molar-refractivity contribution in [2.45, 2.75) is 40.2 Å². The van der Waals surface area contributed by atoms with Crippen LogP contribution in [0.25, 0.3) is 0 Å². The topological polar surface area (TPSA) is 80.5 Å². The zero-order chi connectivity index (χ0) is 15.2. The number of nitrogens with one attached hydrogen (secondary N) is 2. The summed E-state index contributed by atoms with van der Waals surface area (Å²) in [6.45, 7) is 7.64. The molecule has 7 heteroatoms. The second kappa shape index (κ2) is 7.01. The van der Waals surface area contributed by atoms with Gasteiger partial charge in [-0.05, 0) is 20.3 Å². The minimum absolute atomic E-state index is 0.589. The first-order valence-electron chi connectivity index (χ1n) is 7.33. The summed E-state index contributed by atoms with van der Waals surface area (Å²) in [6.07, 6.45) is 3.59. The minimum atomic E-state index is 0.589. The van der Waals surface area contributed by atoms with Gasteiger partial charge in [-0.2, -0.15) is 0 Å². The fourth-order valence-corrected chi connectivity index (χ4v) is 2.04. The Kier molecular flexibility index (Phi) is 5.08.